The molecule has 0 radical (unpaired) electrons. The highest BCUT2D eigenvalue weighted by Crippen LogP contribution is 2.23. The van der Waals surface area contributed by atoms with E-state index in [9.17, 15) is 4.79 Å². The van der Waals surface area contributed by atoms with E-state index >= 15 is 0 Å². The average molecular weight is 243 g/mol. The number of rotatable bonds is 3. The molecule has 0 amide bonds. The van der Waals surface area contributed by atoms with Crippen LogP contribution in [0.1, 0.15) is 16.1 Å². The fraction of sp³-hybridized carbons (Fsp3) is 0.143. The zero-order chi connectivity index (χ0) is 13.1. The van der Waals surface area contributed by atoms with Crippen LogP contribution < -0.4 is 4.74 Å². The van der Waals surface area contributed by atoms with Crippen LogP contribution in [0.4, 0.5) is 0 Å². The van der Waals surface area contributed by atoms with Crippen molar-refractivity contribution in [2.75, 3.05) is 7.11 Å². The maximum atomic E-state index is 11.0. The monoisotopic (exact) mass is 243 g/mol. The smallest absolute Gasteiger partial charge is 0.354 e. The Labute approximate surface area is 105 Å². The van der Waals surface area contributed by atoms with Gasteiger partial charge in [-0.05, 0) is 13.0 Å². The summed E-state index contributed by atoms with van der Waals surface area (Å²) in [4.78, 5) is 15.1. The molecule has 0 atom stereocenters. The lowest BCUT2D eigenvalue weighted by atomic mass is 10.1. The number of pyridine rings is 1. The van der Waals surface area contributed by atoms with E-state index in [2.05, 4.69) is 4.98 Å². The summed E-state index contributed by atoms with van der Waals surface area (Å²) in [6.07, 6.45) is 0. The molecule has 0 bridgehead atoms. The van der Waals surface area contributed by atoms with E-state index in [1.807, 2.05) is 31.2 Å². The number of hydrogen-bond acceptors (Lipinski definition) is 3. The first kappa shape index (κ1) is 12.1. The zero-order valence-corrected chi connectivity index (χ0v) is 10.2. The molecule has 0 spiro atoms. The number of benzene rings is 1. The number of nitrogens with zero attached hydrogens (tertiary/aromatic N) is 1. The lowest BCUT2D eigenvalue weighted by molar-refractivity contribution is 0.0690. The molecule has 1 N–H and O–H groups in total. The van der Waals surface area contributed by atoms with E-state index in [0.29, 0.717) is 11.4 Å². The normalized spacial score (nSPS) is 10.1. The molecule has 0 fully saturated rings. The van der Waals surface area contributed by atoms with Gasteiger partial charge in [-0.1, -0.05) is 23.8 Å². The number of methoxy groups -OCH3 is 1. The molecule has 0 aliphatic carbocycles. The van der Waals surface area contributed by atoms with Crippen LogP contribution >= 0.6 is 0 Å². The summed E-state index contributed by atoms with van der Waals surface area (Å²) in [5.41, 5.74) is 2.53. The fourth-order valence-corrected chi connectivity index (χ4v) is 1.69. The molecule has 92 valence electrons. The number of carboxylic acids is 1. The van der Waals surface area contributed by atoms with Crippen LogP contribution in [0.25, 0.3) is 11.3 Å². The van der Waals surface area contributed by atoms with Crippen LogP contribution in [0.2, 0.25) is 0 Å². The third-order valence-corrected chi connectivity index (χ3v) is 2.57. The van der Waals surface area contributed by atoms with Crippen molar-refractivity contribution in [3.8, 4) is 17.0 Å². The predicted octanol–water partition coefficient (Wildman–Crippen LogP) is 2.76. The molecule has 2 rings (SSSR count). The molecular formula is C14H13NO3. The molecule has 1 aromatic carbocycles. The number of carboxylic acid groups (broad SMARTS) is 1. The Hall–Kier alpha value is -2.36. The van der Waals surface area contributed by atoms with Crippen molar-refractivity contribution >= 4 is 5.97 Å². The van der Waals surface area contributed by atoms with Crippen LogP contribution in [0.3, 0.4) is 0 Å². The number of aromatic nitrogens is 1. The standard InChI is InChI=1S/C14H13NO3/c1-9-4-3-5-10(6-9)12-7-11(18-2)8-13(15-12)14(16)17/h3-8H,1-2H3,(H,16,17). The Morgan fingerprint density at radius 3 is 2.67 bits per heavy atom. The number of aryl methyl sites for hydroxylation is 1. The van der Waals surface area contributed by atoms with Crippen molar-refractivity contribution in [1.82, 2.24) is 4.98 Å². The van der Waals surface area contributed by atoms with Gasteiger partial charge in [0.1, 0.15) is 5.75 Å². The molecule has 2 aromatic rings. The largest absolute Gasteiger partial charge is 0.497 e. The Morgan fingerprint density at radius 2 is 2.06 bits per heavy atom. The SMILES string of the molecule is COc1cc(C(=O)O)nc(-c2cccc(C)c2)c1. The van der Waals surface area contributed by atoms with Crippen molar-refractivity contribution in [3.63, 3.8) is 0 Å². The molecule has 0 saturated carbocycles. The molecule has 4 nitrogen and oxygen atoms in total. The first-order chi connectivity index (χ1) is 8.60. The molecule has 1 heterocycles. The lowest BCUT2D eigenvalue weighted by Gasteiger charge is -2.07. The summed E-state index contributed by atoms with van der Waals surface area (Å²) in [5, 5.41) is 9.01. The maximum absolute atomic E-state index is 11.0. The van der Waals surface area contributed by atoms with Gasteiger partial charge < -0.3 is 9.84 Å². The van der Waals surface area contributed by atoms with Crippen LogP contribution in [0.5, 0.6) is 5.75 Å². The Morgan fingerprint density at radius 1 is 1.28 bits per heavy atom. The number of carbonyl (C=O) groups is 1. The van der Waals surface area contributed by atoms with Gasteiger partial charge in [0.2, 0.25) is 0 Å². The van der Waals surface area contributed by atoms with Gasteiger partial charge in [-0.25, -0.2) is 9.78 Å². The third kappa shape index (κ3) is 2.48. The first-order valence-electron chi connectivity index (χ1n) is 5.46. The highest BCUT2D eigenvalue weighted by molar-refractivity contribution is 5.86. The van der Waals surface area contributed by atoms with E-state index < -0.39 is 5.97 Å². The number of hydrogen-bond donors (Lipinski definition) is 1. The van der Waals surface area contributed by atoms with Crippen LogP contribution in [-0.4, -0.2) is 23.2 Å². The highest BCUT2D eigenvalue weighted by atomic mass is 16.5. The molecular weight excluding hydrogens is 230 g/mol. The summed E-state index contributed by atoms with van der Waals surface area (Å²) in [7, 11) is 1.50. The third-order valence-electron chi connectivity index (χ3n) is 2.57. The lowest BCUT2D eigenvalue weighted by Crippen LogP contribution is -2.02. The van der Waals surface area contributed by atoms with Gasteiger partial charge in [-0.15, -0.1) is 0 Å². The van der Waals surface area contributed by atoms with Crippen molar-refractivity contribution in [2.24, 2.45) is 0 Å². The Balaban J connectivity index is 2.56. The first-order valence-corrected chi connectivity index (χ1v) is 5.46. The minimum atomic E-state index is -1.07. The summed E-state index contributed by atoms with van der Waals surface area (Å²) < 4.78 is 5.09. The van der Waals surface area contributed by atoms with Gasteiger partial charge >= 0.3 is 5.97 Å². The van der Waals surface area contributed by atoms with Gasteiger partial charge in [0.05, 0.1) is 12.8 Å². The second-order valence-electron chi connectivity index (χ2n) is 3.95. The van der Waals surface area contributed by atoms with E-state index in [-0.39, 0.29) is 5.69 Å². The molecule has 18 heavy (non-hydrogen) atoms. The van der Waals surface area contributed by atoms with Gasteiger partial charge in [0, 0.05) is 17.7 Å². The quantitative estimate of drug-likeness (QED) is 0.900. The molecule has 0 aliphatic rings. The topological polar surface area (TPSA) is 59.4 Å². The zero-order valence-electron chi connectivity index (χ0n) is 10.2. The number of aromatic carboxylic acids is 1. The van der Waals surface area contributed by atoms with Gasteiger partial charge in [-0.3, -0.25) is 0 Å². The van der Waals surface area contributed by atoms with E-state index in [4.69, 9.17) is 9.84 Å². The molecule has 0 saturated heterocycles. The van der Waals surface area contributed by atoms with E-state index in [1.54, 1.807) is 6.07 Å². The molecule has 0 unspecified atom stereocenters. The van der Waals surface area contributed by atoms with Gasteiger partial charge in [-0.2, -0.15) is 0 Å². The van der Waals surface area contributed by atoms with Crippen LogP contribution in [0, 0.1) is 6.92 Å². The van der Waals surface area contributed by atoms with Crippen LogP contribution in [0.15, 0.2) is 36.4 Å². The summed E-state index contributed by atoms with van der Waals surface area (Å²) in [5.74, 6) is -0.582. The minimum Gasteiger partial charge on any atom is -0.497 e. The van der Waals surface area contributed by atoms with E-state index in [1.165, 1.54) is 13.2 Å². The Bertz CT molecular complexity index is 593. The fourth-order valence-electron chi connectivity index (χ4n) is 1.69. The van der Waals surface area contributed by atoms with E-state index in [0.717, 1.165) is 11.1 Å². The summed E-state index contributed by atoms with van der Waals surface area (Å²) in [6.45, 7) is 1.97. The highest BCUT2D eigenvalue weighted by Gasteiger charge is 2.10. The van der Waals surface area contributed by atoms with Crippen molar-refractivity contribution in [3.05, 3.63) is 47.7 Å². The molecule has 1 aromatic heterocycles. The van der Waals surface area contributed by atoms with Crippen LogP contribution in [-0.2, 0) is 0 Å². The summed E-state index contributed by atoms with van der Waals surface area (Å²) in [6, 6.07) is 10.9. The average Bonchev–Trinajstić information content (AvgIpc) is 2.38. The van der Waals surface area contributed by atoms with Crippen molar-refractivity contribution in [1.29, 1.82) is 0 Å². The number of ether oxygens (including phenoxy) is 1. The van der Waals surface area contributed by atoms with Gasteiger partial charge in [0.25, 0.3) is 0 Å². The Kier molecular flexibility index (Phi) is 3.28. The van der Waals surface area contributed by atoms with Crippen molar-refractivity contribution in [2.45, 2.75) is 6.92 Å². The second-order valence-corrected chi connectivity index (χ2v) is 3.95. The van der Waals surface area contributed by atoms with Gasteiger partial charge in [0.15, 0.2) is 5.69 Å². The maximum Gasteiger partial charge on any atom is 0.354 e. The minimum absolute atomic E-state index is 0.0224. The van der Waals surface area contributed by atoms with Crippen molar-refractivity contribution < 1.29 is 14.6 Å². The second kappa shape index (κ2) is 4.87. The molecule has 4 heteroatoms. The summed E-state index contributed by atoms with van der Waals surface area (Å²) >= 11 is 0. The predicted molar refractivity (Wildman–Crippen MR) is 67.9 cm³/mol. The molecule has 0 aliphatic heterocycles.